The number of amides is 2. The summed E-state index contributed by atoms with van der Waals surface area (Å²) < 4.78 is 5.44. The van der Waals surface area contributed by atoms with Gasteiger partial charge in [-0.3, -0.25) is 9.59 Å². The molecule has 1 aromatic carbocycles. The maximum atomic E-state index is 13.4. The molecule has 2 atom stereocenters. The summed E-state index contributed by atoms with van der Waals surface area (Å²) in [5, 5.41) is 15.1. The lowest BCUT2D eigenvalue weighted by molar-refractivity contribution is -0.139. The Kier molecular flexibility index (Phi) is 10.2. The highest BCUT2D eigenvalue weighted by Gasteiger charge is 2.40. The van der Waals surface area contributed by atoms with Crippen LogP contribution in [0.25, 0.3) is 0 Å². The van der Waals surface area contributed by atoms with Crippen LogP contribution in [0.4, 0.5) is 0 Å². The Morgan fingerprint density at radius 2 is 1.62 bits per heavy atom. The van der Waals surface area contributed by atoms with Crippen molar-refractivity contribution in [3.05, 3.63) is 29.8 Å². The molecule has 0 saturated carbocycles. The maximum absolute atomic E-state index is 13.4. The predicted molar refractivity (Wildman–Crippen MR) is 129 cm³/mol. The molecule has 0 aliphatic heterocycles. The summed E-state index contributed by atoms with van der Waals surface area (Å²) in [7, 11) is 3.54. The number of carbonyl (C=O) groups is 2. The molecule has 0 aromatic heterocycles. The van der Waals surface area contributed by atoms with Crippen LogP contribution in [-0.2, 0) is 15.0 Å². The first kappa shape index (κ1) is 27.9. The van der Waals surface area contributed by atoms with Crippen molar-refractivity contribution in [3.63, 3.8) is 0 Å². The van der Waals surface area contributed by atoms with Crippen molar-refractivity contribution < 1.29 is 19.4 Å². The number of hydrogen-bond acceptors (Lipinski definition) is 5. The third kappa shape index (κ3) is 7.48. The second-order valence-electron chi connectivity index (χ2n) is 10.5. The van der Waals surface area contributed by atoms with Crippen molar-refractivity contribution in [2.45, 2.75) is 66.0 Å². The number of aliphatic hydroxyl groups excluding tert-OH is 1. The van der Waals surface area contributed by atoms with Crippen LogP contribution in [0.15, 0.2) is 24.3 Å². The van der Waals surface area contributed by atoms with Gasteiger partial charge in [-0.25, -0.2) is 0 Å². The predicted octanol–water partition coefficient (Wildman–Crippen LogP) is 2.57. The number of nitrogens with one attached hydrogen (secondary N) is 2. The summed E-state index contributed by atoms with van der Waals surface area (Å²) in [6.45, 7) is 14.8. The Morgan fingerprint density at radius 3 is 2.06 bits per heavy atom. The number of benzene rings is 1. The van der Waals surface area contributed by atoms with Gasteiger partial charge in [-0.1, -0.05) is 60.6 Å². The first-order valence-electron chi connectivity index (χ1n) is 11.3. The summed E-state index contributed by atoms with van der Waals surface area (Å²) in [4.78, 5) is 28.3. The average Bonchev–Trinajstić information content (AvgIpc) is 2.69. The van der Waals surface area contributed by atoms with E-state index in [0.717, 1.165) is 5.56 Å². The fourth-order valence-electron chi connectivity index (χ4n) is 3.86. The molecule has 0 bridgehead atoms. The van der Waals surface area contributed by atoms with Gasteiger partial charge < -0.3 is 25.4 Å². The van der Waals surface area contributed by atoms with Crippen molar-refractivity contribution in [1.82, 2.24) is 15.5 Å². The highest BCUT2D eigenvalue weighted by molar-refractivity contribution is 5.91. The van der Waals surface area contributed by atoms with Gasteiger partial charge in [0.15, 0.2) is 0 Å². The molecule has 0 radical (unpaired) electrons. The first-order chi connectivity index (χ1) is 14.7. The molecule has 0 aliphatic carbocycles. The monoisotopic (exact) mass is 449 g/mol. The van der Waals surface area contributed by atoms with E-state index in [1.165, 1.54) is 0 Å². The van der Waals surface area contributed by atoms with Crippen LogP contribution in [0, 0.1) is 11.3 Å². The lowest BCUT2D eigenvalue weighted by Gasteiger charge is -2.38. The van der Waals surface area contributed by atoms with E-state index in [4.69, 9.17) is 9.84 Å². The van der Waals surface area contributed by atoms with E-state index in [0.29, 0.717) is 18.2 Å². The zero-order valence-corrected chi connectivity index (χ0v) is 21.3. The molecule has 0 saturated heterocycles. The minimum absolute atomic E-state index is 0.0464. The molecule has 3 N–H and O–H groups in total. The molecule has 2 unspecified atom stereocenters. The second kappa shape index (κ2) is 11.7. The van der Waals surface area contributed by atoms with Crippen molar-refractivity contribution in [2.24, 2.45) is 11.3 Å². The lowest BCUT2D eigenvalue weighted by atomic mass is 9.76. The summed E-state index contributed by atoms with van der Waals surface area (Å²) in [6.07, 6.45) is 0. The van der Waals surface area contributed by atoms with E-state index in [1.54, 1.807) is 19.0 Å². The van der Waals surface area contributed by atoms with Crippen molar-refractivity contribution in [2.75, 3.05) is 33.9 Å². The zero-order chi connectivity index (χ0) is 24.7. The molecular weight excluding hydrogens is 406 g/mol. The number of ether oxygens (including phenoxy) is 1. The fourth-order valence-corrected chi connectivity index (χ4v) is 3.86. The Hall–Kier alpha value is -2.12. The van der Waals surface area contributed by atoms with Gasteiger partial charge in [-0.2, -0.15) is 0 Å². The number of rotatable bonds is 11. The maximum Gasteiger partial charge on any atom is 0.245 e. The van der Waals surface area contributed by atoms with Crippen molar-refractivity contribution in [1.29, 1.82) is 0 Å². The number of hydrogen-bond donors (Lipinski definition) is 3. The van der Waals surface area contributed by atoms with Crippen LogP contribution in [-0.4, -0.2) is 67.8 Å². The molecule has 7 heteroatoms. The van der Waals surface area contributed by atoms with Gasteiger partial charge in [0.05, 0.1) is 12.6 Å². The molecule has 1 rings (SSSR count). The molecule has 32 heavy (non-hydrogen) atoms. The van der Waals surface area contributed by atoms with Gasteiger partial charge in [0.2, 0.25) is 11.8 Å². The fraction of sp³-hybridized carbons (Fsp3) is 0.680. The van der Waals surface area contributed by atoms with Gasteiger partial charge in [0.25, 0.3) is 0 Å². The lowest BCUT2D eigenvalue weighted by Crippen LogP contribution is -2.61. The van der Waals surface area contributed by atoms with Gasteiger partial charge >= 0.3 is 0 Å². The minimum atomic E-state index is -0.639. The first-order valence-corrected chi connectivity index (χ1v) is 11.3. The zero-order valence-electron chi connectivity index (χ0n) is 21.3. The van der Waals surface area contributed by atoms with Crippen LogP contribution in [0.3, 0.4) is 0 Å². The third-order valence-corrected chi connectivity index (χ3v) is 5.65. The Labute approximate surface area is 193 Å². The highest BCUT2D eigenvalue weighted by atomic mass is 16.5. The quantitative estimate of drug-likeness (QED) is 0.483. The van der Waals surface area contributed by atoms with Gasteiger partial charge in [-0.05, 0) is 36.1 Å². The largest absolute Gasteiger partial charge is 0.491 e. The van der Waals surface area contributed by atoms with Gasteiger partial charge in [-0.15, -0.1) is 0 Å². The van der Waals surface area contributed by atoms with Crippen LogP contribution < -0.4 is 15.4 Å². The molecule has 0 aliphatic rings. The van der Waals surface area contributed by atoms with Crippen LogP contribution in [0.5, 0.6) is 5.75 Å². The smallest absolute Gasteiger partial charge is 0.245 e. The molecule has 0 spiro atoms. The van der Waals surface area contributed by atoms with Crippen LogP contribution in [0.2, 0.25) is 0 Å². The van der Waals surface area contributed by atoms with Gasteiger partial charge in [0.1, 0.15) is 18.4 Å². The molecule has 182 valence electrons. The summed E-state index contributed by atoms with van der Waals surface area (Å²) >= 11 is 0. The third-order valence-electron chi connectivity index (χ3n) is 5.65. The average molecular weight is 450 g/mol. The van der Waals surface area contributed by atoms with E-state index in [1.807, 2.05) is 58.9 Å². The highest BCUT2D eigenvalue weighted by Crippen LogP contribution is 2.30. The van der Waals surface area contributed by atoms with Crippen molar-refractivity contribution in [3.8, 4) is 5.75 Å². The van der Waals surface area contributed by atoms with E-state index in [9.17, 15) is 9.59 Å². The van der Waals surface area contributed by atoms with E-state index >= 15 is 0 Å². The SMILES string of the molecule is CNC(C(=O)NC(C(=O)N(C)CC(C)C)C(C)(C)C)C(C)(C)c1ccc(OCCO)cc1. The van der Waals surface area contributed by atoms with Crippen molar-refractivity contribution >= 4 is 11.8 Å². The normalized spacial score (nSPS) is 14.1. The second-order valence-corrected chi connectivity index (χ2v) is 10.5. The number of nitrogens with zero attached hydrogens (tertiary/aromatic N) is 1. The topological polar surface area (TPSA) is 90.9 Å². The van der Waals surface area contributed by atoms with E-state index < -0.39 is 22.9 Å². The summed E-state index contributed by atoms with van der Waals surface area (Å²) in [6, 6.07) is 6.32. The molecule has 0 fully saturated rings. The number of carbonyl (C=O) groups excluding carboxylic acids is 2. The number of aliphatic hydroxyl groups is 1. The molecule has 7 nitrogen and oxygen atoms in total. The van der Waals surface area contributed by atoms with Crippen LogP contribution in [0.1, 0.15) is 54.0 Å². The molecule has 2 amide bonds. The van der Waals surface area contributed by atoms with Gasteiger partial charge in [0, 0.05) is 19.0 Å². The number of likely N-dealkylation sites (N-methyl/N-ethyl adjacent to an activating group) is 2. The Balaban J connectivity index is 3.10. The Bertz CT molecular complexity index is 739. The summed E-state index contributed by atoms with van der Waals surface area (Å²) in [5.41, 5.74) is -0.0330. The summed E-state index contributed by atoms with van der Waals surface area (Å²) in [5.74, 6) is 0.700. The minimum Gasteiger partial charge on any atom is -0.491 e. The van der Waals surface area contributed by atoms with E-state index in [2.05, 4.69) is 24.5 Å². The molecule has 0 heterocycles. The standard InChI is InChI=1S/C25H43N3O4/c1-17(2)16-28(9)23(31)21(24(3,4)5)27-22(30)20(26-8)25(6,7)18-10-12-19(13-11-18)32-15-14-29/h10-13,17,20-21,26,29H,14-16H2,1-9H3,(H,27,30). The van der Waals surface area contributed by atoms with E-state index in [-0.39, 0.29) is 25.0 Å². The molecular formula is C25H43N3O4. The van der Waals surface area contributed by atoms with Crippen LogP contribution >= 0.6 is 0 Å². The Morgan fingerprint density at radius 1 is 1.06 bits per heavy atom. The molecule has 1 aromatic rings.